The molecule has 0 fully saturated rings. The van der Waals surface area contributed by atoms with Gasteiger partial charge in [0.25, 0.3) is 0 Å². The third-order valence-corrected chi connectivity index (χ3v) is 3.47. The molecule has 0 aliphatic heterocycles. The second-order valence-electron chi connectivity index (χ2n) is 5.28. The summed E-state index contributed by atoms with van der Waals surface area (Å²) in [5, 5.41) is 2.97. The summed E-state index contributed by atoms with van der Waals surface area (Å²) in [6.45, 7) is 4.76. The molecule has 0 saturated heterocycles. The second-order valence-corrected chi connectivity index (χ2v) is 5.28. The van der Waals surface area contributed by atoms with E-state index < -0.39 is 0 Å². The highest BCUT2D eigenvalue weighted by atomic mass is 16.1. The van der Waals surface area contributed by atoms with Gasteiger partial charge in [0.1, 0.15) is 0 Å². The number of hydrogen-bond donors (Lipinski definition) is 1. The van der Waals surface area contributed by atoms with Crippen molar-refractivity contribution in [1.29, 1.82) is 0 Å². The molecule has 20 heavy (non-hydrogen) atoms. The average molecular weight is 267 g/mol. The lowest BCUT2D eigenvalue weighted by Gasteiger charge is -2.12. The van der Waals surface area contributed by atoms with Gasteiger partial charge in [-0.1, -0.05) is 67.1 Å². The lowest BCUT2D eigenvalue weighted by Crippen LogP contribution is -2.24. The quantitative estimate of drug-likeness (QED) is 0.877. The number of carbonyl (C=O) groups excluding carboxylic acids is 1. The molecule has 0 aliphatic carbocycles. The normalized spacial score (nSPS) is 11.9. The van der Waals surface area contributed by atoms with Crippen LogP contribution < -0.4 is 5.32 Å². The van der Waals surface area contributed by atoms with Crippen LogP contribution in [0, 0.1) is 6.92 Å². The second kappa shape index (κ2) is 6.90. The Hall–Kier alpha value is -2.09. The van der Waals surface area contributed by atoms with Crippen LogP contribution in [-0.2, 0) is 11.3 Å². The maximum Gasteiger partial charge on any atom is 0.220 e. The van der Waals surface area contributed by atoms with Crippen LogP contribution >= 0.6 is 0 Å². The summed E-state index contributed by atoms with van der Waals surface area (Å²) >= 11 is 0. The van der Waals surface area contributed by atoms with Gasteiger partial charge in [0, 0.05) is 13.0 Å². The highest BCUT2D eigenvalue weighted by Crippen LogP contribution is 2.19. The Morgan fingerprint density at radius 3 is 2.35 bits per heavy atom. The molecule has 0 radical (unpaired) electrons. The average Bonchev–Trinajstić information content (AvgIpc) is 2.47. The van der Waals surface area contributed by atoms with Crippen LogP contribution in [0.5, 0.6) is 0 Å². The van der Waals surface area contributed by atoms with Crippen molar-refractivity contribution >= 4 is 5.91 Å². The minimum absolute atomic E-state index is 0.0990. The van der Waals surface area contributed by atoms with E-state index in [2.05, 4.69) is 43.4 Å². The highest BCUT2D eigenvalue weighted by molar-refractivity contribution is 5.76. The summed E-state index contributed by atoms with van der Waals surface area (Å²) in [6, 6.07) is 18.4. The van der Waals surface area contributed by atoms with Crippen LogP contribution in [-0.4, -0.2) is 5.91 Å². The van der Waals surface area contributed by atoms with E-state index in [1.165, 1.54) is 11.1 Å². The number of amides is 1. The molecule has 0 unspecified atom stereocenters. The molecule has 2 aromatic carbocycles. The molecule has 0 heterocycles. The molecule has 2 nitrogen and oxygen atoms in total. The Bertz CT molecular complexity index is 545. The molecule has 0 bridgehead atoms. The van der Waals surface area contributed by atoms with Crippen molar-refractivity contribution in [2.24, 2.45) is 0 Å². The molecule has 1 atom stereocenters. The Morgan fingerprint density at radius 2 is 1.70 bits per heavy atom. The molecule has 1 N–H and O–H groups in total. The first-order valence-electron chi connectivity index (χ1n) is 7.02. The van der Waals surface area contributed by atoms with E-state index in [0.717, 1.165) is 5.56 Å². The van der Waals surface area contributed by atoms with Gasteiger partial charge in [-0.2, -0.15) is 0 Å². The van der Waals surface area contributed by atoms with Crippen molar-refractivity contribution in [3.8, 4) is 0 Å². The predicted molar refractivity (Wildman–Crippen MR) is 82.5 cm³/mol. The molecular weight excluding hydrogens is 246 g/mol. The van der Waals surface area contributed by atoms with Crippen molar-refractivity contribution in [1.82, 2.24) is 5.32 Å². The number of benzene rings is 2. The van der Waals surface area contributed by atoms with Gasteiger partial charge in [-0.05, 0) is 24.0 Å². The fourth-order valence-corrected chi connectivity index (χ4v) is 2.16. The Morgan fingerprint density at radius 1 is 1.05 bits per heavy atom. The minimum Gasteiger partial charge on any atom is -0.352 e. The third kappa shape index (κ3) is 4.23. The van der Waals surface area contributed by atoms with Crippen molar-refractivity contribution in [3.63, 3.8) is 0 Å². The topological polar surface area (TPSA) is 29.1 Å². The number of hydrogen-bond acceptors (Lipinski definition) is 1. The van der Waals surface area contributed by atoms with E-state index in [-0.39, 0.29) is 11.8 Å². The summed E-state index contributed by atoms with van der Waals surface area (Å²) in [7, 11) is 0. The lowest BCUT2D eigenvalue weighted by molar-refractivity contribution is -0.121. The fourth-order valence-electron chi connectivity index (χ4n) is 2.16. The largest absolute Gasteiger partial charge is 0.352 e. The van der Waals surface area contributed by atoms with E-state index in [1.54, 1.807) is 0 Å². The first-order valence-corrected chi connectivity index (χ1v) is 7.02. The van der Waals surface area contributed by atoms with E-state index in [9.17, 15) is 4.79 Å². The number of aryl methyl sites for hydroxylation is 1. The maximum absolute atomic E-state index is 12.0. The van der Waals surface area contributed by atoms with Gasteiger partial charge in [-0.3, -0.25) is 4.79 Å². The molecule has 0 aliphatic rings. The van der Waals surface area contributed by atoms with Gasteiger partial charge in [0.05, 0.1) is 0 Å². The summed E-state index contributed by atoms with van der Waals surface area (Å²) < 4.78 is 0. The van der Waals surface area contributed by atoms with Crippen LogP contribution in [0.1, 0.15) is 36.0 Å². The van der Waals surface area contributed by atoms with Crippen LogP contribution in [0.15, 0.2) is 54.6 Å². The third-order valence-electron chi connectivity index (χ3n) is 3.47. The molecule has 2 heteroatoms. The molecule has 0 aromatic heterocycles. The Balaban J connectivity index is 1.83. The SMILES string of the molecule is Cc1ccc([C@H](C)CC(=O)NCc2ccccc2)cc1. The number of rotatable bonds is 5. The zero-order valence-corrected chi connectivity index (χ0v) is 12.1. The maximum atomic E-state index is 12.0. The van der Waals surface area contributed by atoms with Crippen molar-refractivity contribution in [2.75, 3.05) is 0 Å². The van der Waals surface area contributed by atoms with Crippen LogP contribution in [0.2, 0.25) is 0 Å². The van der Waals surface area contributed by atoms with Crippen LogP contribution in [0.25, 0.3) is 0 Å². The van der Waals surface area contributed by atoms with E-state index in [0.29, 0.717) is 13.0 Å². The molecule has 1 amide bonds. The smallest absolute Gasteiger partial charge is 0.220 e. The van der Waals surface area contributed by atoms with Gasteiger partial charge >= 0.3 is 0 Å². The zero-order valence-electron chi connectivity index (χ0n) is 12.1. The predicted octanol–water partition coefficient (Wildman–Crippen LogP) is 3.81. The minimum atomic E-state index is 0.0990. The van der Waals surface area contributed by atoms with Crippen LogP contribution in [0.3, 0.4) is 0 Å². The summed E-state index contributed by atoms with van der Waals surface area (Å²) in [5.74, 6) is 0.341. The van der Waals surface area contributed by atoms with Gasteiger partial charge in [-0.25, -0.2) is 0 Å². The Kier molecular flexibility index (Phi) is 4.94. The zero-order chi connectivity index (χ0) is 14.4. The van der Waals surface area contributed by atoms with Gasteiger partial charge < -0.3 is 5.32 Å². The van der Waals surface area contributed by atoms with Crippen LogP contribution in [0.4, 0.5) is 0 Å². The standard InChI is InChI=1S/C18H21NO/c1-14-8-10-17(11-9-14)15(2)12-18(20)19-13-16-6-4-3-5-7-16/h3-11,15H,12-13H2,1-2H3,(H,19,20)/t15-/m1/s1. The molecule has 2 aromatic rings. The lowest BCUT2D eigenvalue weighted by atomic mass is 9.96. The first kappa shape index (κ1) is 14.3. The summed E-state index contributed by atoms with van der Waals surface area (Å²) in [4.78, 5) is 12.0. The van der Waals surface area contributed by atoms with Gasteiger partial charge in [0.15, 0.2) is 0 Å². The highest BCUT2D eigenvalue weighted by Gasteiger charge is 2.10. The fraction of sp³-hybridized carbons (Fsp3) is 0.278. The molecule has 0 spiro atoms. The molecular formula is C18H21NO. The number of nitrogens with one attached hydrogen (secondary N) is 1. The first-order chi connectivity index (χ1) is 9.65. The number of carbonyl (C=O) groups is 1. The summed E-state index contributed by atoms with van der Waals surface area (Å²) in [5.41, 5.74) is 3.59. The van der Waals surface area contributed by atoms with E-state index >= 15 is 0 Å². The van der Waals surface area contributed by atoms with Crippen molar-refractivity contribution in [2.45, 2.75) is 32.7 Å². The molecule has 0 saturated carbocycles. The molecule has 104 valence electrons. The van der Waals surface area contributed by atoms with E-state index in [1.807, 2.05) is 30.3 Å². The monoisotopic (exact) mass is 267 g/mol. The Labute approximate surface area is 120 Å². The van der Waals surface area contributed by atoms with E-state index in [4.69, 9.17) is 0 Å². The van der Waals surface area contributed by atoms with Gasteiger partial charge in [0.2, 0.25) is 5.91 Å². The van der Waals surface area contributed by atoms with Crippen molar-refractivity contribution in [3.05, 3.63) is 71.3 Å². The summed E-state index contributed by atoms with van der Waals surface area (Å²) in [6.07, 6.45) is 0.524. The van der Waals surface area contributed by atoms with Gasteiger partial charge in [-0.15, -0.1) is 0 Å². The van der Waals surface area contributed by atoms with Crippen molar-refractivity contribution < 1.29 is 4.79 Å². The molecule has 2 rings (SSSR count).